The van der Waals surface area contributed by atoms with Crippen molar-refractivity contribution < 1.29 is 15.0 Å². The Balaban J connectivity index is 2.21. The number of aromatic nitrogens is 2. The van der Waals surface area contributed by atoms with Gasteiger partial charge in [0, 0.05) is 10.4 Å². The SMILES string of the molecule is CCc1sc2ncnc(N[C@@H](CO)C(=O)O)c2c1-c1ccccc1. The quantitative estimate of drug-likeness (QED) is 0.637. The summed E-state index contributed by atoms with van der Waals surface area (Å²) in [6.45, 7) is 1.55. The smallest absolute Gasteiger partial charge is 0.328 e. The first-order valence-corrected chi connectivity index (χ1v) is 8.39. The number of aryl methyl sites for hydroxylation is 1. The molecular weight excluding hydrogens is 326 g/mol. The largest absolute Gasteiger partial charge is 0.480 e. The average molecular weight is 343 g/mol. The molecule has 0 unspecified atom stereocenters. The Bertz CT molecular complexity index is 864. The Morgan fingerprint density at radius 1 is 1.29 bits per heavy atom. The summed E-state index contributed by atoms with van der Waals surface area (Å²) in [6.07, 6.45) is 2.25. The lowest BCUT2D eigenvalue weighted by atomic mass is 10.0. The maximum atomic E-state index is 11.2. The fraction of sp³-hybridized carbons (Fsp3) is 0.235. The van der Waals surface area contributed by atoms with Crippen LogP contribution < -0.4 is 5.32 Å². The summed E-state index contributed by atoms with van der Waals surface area (Å²) in [6, 6.07) is 8.78. The predicted molar refractivity (Wildman–Crippen MR) is 94.4 cm³/mol. The minimum atomic E-state index is -1.13. The number of carboxylic acids is 1. The van der Waals surface area contributed by atoms with Gasteiger partial charge in [-0.2, -0.15) is 0 Å². The maximum absolute atomic E-state index is 11.2. The van der Waals surface area contributed by atoms with Crippen LogP contribution in [0.3, 0.4) is 0 Å². The van der Waals surface area contributed by atoms with Gasteiger partial charge in [0.2, 0.25) is 0 Å². The second-order valence-electron chi connectivity index (χ2n) is 5.24. The first-order chi connectivity index (χ1) is 11.7. The molecule has 0 aliphatic carbocycles. The number of thiophene rings is 1. The van der Waals surface area contributed by atoms with E-state index in [2.05, 4.69) is 22.2 Å². The number of aliphatic hydroxyl groups is 1. The summed E-state index contributed by atoms with van der Waals surface area (Å²) in [5.41, 5.74) is 2.05. The Kier molecular flexibility index (Phi) is 4.73. The van der Waals surface area contributed by atoms with Gasteiger partial charge in [-0.05, 0) is 12.0 Å². The van der Waals surface area contributed by atoms with E-state index >= 15 is 0 Å². The maximum Gasteiger partial charge on any atom is 0.328 e. The Morgan fingerprint density at radius 2 is 2.04 bits per heavy atom. The first-order valence-electron chi connectivity index (χ1n) is 7.57. The van der Waals surface area contributed by atoms with Crippen LogP contribution >= 0.6 is 11.3 Å². The van der Waals surface area contributed by atoms with Crippen LogP contribution in [0.5, 0.6) is 0 Å². The third-order valence-corrected chi connectivity index (χ3v) is 4.98. The van der Waals surface area contributed by atoms with E-state index in [1.165, 1.54) is 6.33 Å². The molecule has 7 heteroatoms. The third-order valence-electron chi connectivity index (χ3n) is 3.74. The van der Waals surface area contributed by atoms with Crippen LogP contribution in [0.15, 0.2) is 36.7 Å². The number of nitrogens with zero attached hydrogens (tertiary/aromatic N) is 2. The van der Waals surface area contributed by atoms with Gasteiger partial charge in [-0.25, -0.2) is 14.8 Å². The van der Waals surface area contributed by atoms with Crippen LogP contribution in [-0.4, -0.2) is 38.8 Å². The summed E-state index contributed by atoms with van der Waals surface area (Å²) in [7, 11) is 0. The van der Waals surface area contributed by atoms with Crippen LogP contribution in [-0.2, 0) is 11.2 Å². The van der Waals surface area contributed by atoms with Gasteiger partial charge in [0.1, 0.15) is 23.0 Å². The van der Waals surface area contributed by atoms with Gasteiger partial charge in [-0.3, -0.25) is 0 Å². The van der Waals surface area contributed by atoms with Gasteiger partial charge in [0.05, 0.1) is 12.0 Å². The third kappa shape index (κ3) is 2.95. The lowest BCUT2D eigenvalue weighted by Crippen LogP contribution is -2.33. The van der Waals surface area contributed by atoms with Crippen molar-refractivity contribution in [1.82, 2.24) is 9.97 Å². The number of aliphatic hydroxyl groups excluding tert-OH is 1. The predicted octanol–water partition coefficient (Wildman–Crippen LogP) is 2.78. The molecule has 1 aromatic carbocycles. The minimum Gasteiger partial charge on any atom is -0.480 e. The fourth-order valence-electron chi connectivity index (χ4n) is 2.60. The van der Waals surface area contributed by atoms with Crippen molar-refractivity contribution in [2.45, 2.75) is 19.4 Å². The van der Waals surface area contributed by atoms with Crippen molar-refractivity contribution in [2.75, 3.05) is 11.9 Å². The van der Waals surface area contributed by atoms with Crippen molar-refractivity contribution in [3.05, 3.63) is 41.5 Å². The molecule has 2 aromatic heterocycles. The van der Waals surface area contributed by atoms with Gasteiger partial charge in [0.25, 0.3) is 0 Å². The second kappa shape index (κ2) is 6.94. The number of rotatable bonds is 6. The summed E-state index contributed by atoms with van der Waals surface area (Å²) in [5.74, 6) is -0.701. The number of benzene rings is 1. The van der Waals surface area contributed by atoms with Crippen LogP contribution in [0.4, 0.5) is 5.82 Å². The molecule has 0 fully saturated rings. The van der Waals surface area contributed by atoms with Crippen molar-refractivity contribution in [1.29, 1.82) is 0 Å². The van der Waals surface area contributed by atoms with E-state index in [-0.39, 0.29) is 0 Å². The Morgan fingerprint density at radius 3 is 2.67 bits per heavy atom. The summed E-state index contributed by atoms with van der Waals surface area (Å²) >= 11 is 1.57. The molecule has 0 saturated heterocycles. The zero-order valence-corrected chi connectivity index (χ0v) is 13.9. The van der Waals surface area contributed by atoms with Crippen LogP contribution in [0.25, 0.3) is 21.3 Å². The summed E-state index contributed by atoms with van der Waals surface area (Å²) < 4.78 is 0. The number of nitrogens with one attached hydrogen (secondary N) is 1. The summed E-state index contributed by atoms with van der Waals surface area (Å²) in [4.78, 5) is 21.7. The van der Waals surface area contributed by atoms with Crippen LogP contribution in [0.1, 0.15) is 11.8 Å². The molecule has 6 nitrogen and oxygen atoms in total. The van der Waals surface area contributed by atoms with Gasteiger partial charge in [0.15, 0.2) is 0 Å². The van der Waals surface area contributed by atoms with E-state index in [1.807, 2.05) is 30.3 Å². The normalized spacial score (nSPS) is 12.2. The number of hydrogen-bond acceptors (Lipinski definition) is 6. The van der Waals surface area contributed by atoms with Crippen LogP contribution in [0.2, 0.25) is 0 Å². The highest BCUT2D eigenvalue weighted by atomic mass is 32.1. The van der Waals surface area contributed by atoms with E-state index in [0.29, 0.717) is 5.82 Å². The molecule has 3 N–H and O–H groups in total. The Labute approximate surface area is 142 Å². The molecule has 0 bridgehead atoms. The molecule has 3 rings (SSSR count). The second-order valence-corrected chi connectivity index (χ2v) is 6.32. The van der Waals surface area contributed by atoms with Gasteiger partial charge >= 0.3 is 5.97 Å². The average Bonchev–Trinajstić information content (AvgIpc) is 2.99. The number of hydrogen-bond donors (Lipinski definition) is 3. The number of aliphatic carboxylic acids is 1. The van der Waals surface area contributed by atoms with Gasteiger partial charge in [-0.15, -0.1) is 11.3 Å². The molecule has 2 heterocycles. The van der Waals surface area contributed by atoms with Crippen molar-refractivity contribution >= 4 is 33.3 Å². The fourth-order valence-corrected chi connectivity index (χ4v) is 3.70. The molecule has 24 heavy (non-hydrogen) atoms. The zero-order valence-electron chi connectivity index (χ0n) is 13.1. The zero-order chi connectivity index (χ0) is 17.1. The monoisotopic (exact) mass is 343 g/mol. The van der Waals surface area contributed by atoms with Crippen molar-refractivity contribution in [3.8, 4) is 11.1 Å². The molecule has 124 valence electrons. The van der Waals surface area contributed by atoms with Gasteiger partial charge < -0.3 is 15.5 Å². The van der Waals surface area contributed by atoms with E-state index in [0.717, 1.165) is 32.6 Å². The van der Waals surface area contributed by atoms with E-state index < -0.39 is 18.6 Å². The molecule has 0 saturated carbocycles. The number of fused-ring (bicyclic) bond motifs is 1. The first kappa shape index (κ1) is 16.4. The van der Waals surface area contributed by atoms with Crippen molar-refractivity contribution in [2.24, 2.45) is 0 Å². The topological polar surface area (TPSA) is 95.3 Å². The lowest BCUT2D eigenvalue weighted by Gasteiger charge is -2.14. The molecule has 0 aliphatic heterocycles. The molecule has 0 aliphatic rings. The highest BCUT2D eigenvalue weighted by Gasteiger charge is 2.22. The molecule has 1 atom stereocenters. The molecule has 0 radical (unpaired) electrons. The Hall–Kier alpha value is -2.51. The van der Waals surface area contributed by atoms with E-state index in [4.69, 9.17) is 0 Å². The highest BCUT2D eigenvalue weighted by molar-refractivity contribution is 7.19. The van der Waals surface area contributed by atoms with Gasteiger partial charge in [-0.1, -0.05) is 37.3 Å². The minimum absolute atomic E-state index is 0.427. The molecule has 3 aromatic rings. The van der Waals surface area contributed by atoms with E-state index in [9.17, 15) is 15.0 Å². The van der Waals surface area contributed by atoms with E-state index in [1.54, 1.807) is 11.3 Å². The molecule has 0 amide bonds. The lowest BCUT2D eigenvalue weighted by molar-refractivity contribution is -0.138. The number of anilines is 1. The summed E-state index contributed by atoms with van der Waals surface area (Å²) in [5, 5.41) is 22.1. The number of carbonyl (C=O) groups is 1. The highest BCUT2D eigenvalue weighted by Crippen LogP contribution is 2.41. The molecular formula is C17H17N3O3S. The van der Waals surface area contributed by atoms with Crippen LogP contribution in [0, 0.1) is 0 Å². The number of carboxylic acid groups (broad SMARTS) is 1. The standard InChI is InChI=1S/C17H17N3O3S/c1-2-12-13(10-6-4-3-5-7-10)14-15(18-9-19-16(14)24-12)20-11(8-21)17(22)23/h3-7,9,11,21H,2,8H2,1H3,(H,22,23)(H,18,19,20)/t11-/m0/s1. The molecule has 0 spiro atoms. The van der Waals surface area contributed by atoms with Crippen molar-refractivity contribution in [3.63, 3.8) is 0 Å².